The van der Waals surface area contributed by atoms with Gasteiger partial charge in [-0.05, 0) is 42.3 Å². The highest BCUT2D eigenvalue weighted by molar-refractivity contribution is 6.31. The first-order valence-corrected chi connectivity index (χ1v) is 10.6. The summed E-state index contributed by atoms with van der Waals surface area (Å²) < 4.78 is 2.09. The van der Waals surface area contributed by atoms with Gasteiger partial charge in [0.15, 0.2) is 0 Å². The topological polar surface area (TPSA) is 75.4 Å². The molecule has 0 unspecified atom stereocenters. The standard InChI is InChI=1S/C25H22ClN3O3/c1-17-27-22-13-19(11-12-23(22)29(17)14-18-7-3-2-4-8-18)25(32)28(16-24(30)31)15-20-9-5-6-10-21(20)26/h2-13H,14-16H2,1H3,(H,30,31). The molecule has 1 aromatic heterocycles. The van der Waals surface area contributed by atoms with Crippen molar-refractivity contribution in [3.63, 3.8) is 0 Å². The summed E-state index contributed by atoms with van der Waals surface area (Å²) in [4.78, 5) is 30.5. The van der Waals surface area contributed by atoms with Crippen molar-refractivity contribution in [1.82, 2.24) is 14.5 Å². The van der Waals surface area contributed by atoms with E-state index in [0.29, 0.717) is 28.2 Å². The zero-order valence-corrected chi connectivity index (χ0v) is 18.3. The molecule has 0 aliphatic carbocycles. The molecular formula is C25H22ClN3O3. The number of carbonyl (C=O) groups excluding carboxylic acids is 1. The van der Waals surface area contributed by atoms with Gasteiger partial charge < -0.3 is 14.6 Å². The Labute approximate surface area is 190 Å². The minimum Gasteiger partial charge on any atom is -0.480 e. The van der Waals surface area contributed by atoms with E-state index in [-0.39, 0.29) is 12.5 Å². The maximum Gasteiger partial charge on any atom is 0.323 e. The summed E-state index contributed by atoms with van der Waals surface area (Å²) in [5.41, 5.74) is 3.83. The molecule has 0 bridgehead atoms. The van der Waals surface area contributed by atoms with Crippen LogP contribution in [0.4, 0.5) is 0 Å². The minimum atomic E-state index is -1.09. The second-order valence-electron chi connectivity index (χ2n) is 7.58. The number of nitrogens with zero attached hydrogens (tertiary/aromatic N) is 3. The van der Waals surface area contributed by atoms with Crippen molar-refractivity contribution in [3.05, 3.63) is 100 Å². The molecule has 6 nitrogen and oxygen atoms in total. The molecule has 0 aliphatic heterocycles. The Morgan fingerprint density at radius 1 is 1.03 bits per heavy atom. The van der Waals surface area contributed by atoms with Crippen molar-refractivity contribution in [2.24, 2.45) is 0 Å². The van der Waals surface area contributed by atoms with Gasteiger partial charge in [-0.2, -0.15) is 0 Å². The van der Waals surface area contributed by atoms with Gasteiger partial charge in [0, 0.05) is 23.7 Å². The van der Waals surface area contributed by atoms with Crippen molar-refractivity contribution in [2.75, 3.05) is 6.54 Å². The van der Waals surface area contributed by atoms with E-state index in [9.17, 15) is 14.7 Å². The largest absolute Gasteiger partial charge is 0.480 e. The molecule has 162 valence electrons. The van der Waals surface area contributed by atoms with E-state index in [2.05, 4.69) is 21.7 Å². The van der Waals surface area contributed by atoms with E-state index in [1.54, 1.807) is 36.4 Å². The lowest BCUT2D eigenvalue weighted by atomic mass is 10.1. The Morgan fingerprint density at radius 3 is 2.47 bits per heavy atom. The van der Waals surface area contributed by atoms with Crippen LogP contribution >= 0.6 is 11.6 Å². The summed E-state index contributed by atoms with van der Waals surface area (Å²) in [6.07, 6.45) is 0. The molecule has 7 heteroatoms. The Kier molecular flexibility index (Phi) is 6.23. The lowest BCUT2D eigenvalue weighted by Gasteiger charge is -2.21. The number of aryl methyl sites for hydroxylation is 1. The molecule has 0 aliphatic rings. The van der Waals surface area contributed by atoms with E-state index in [0.717, 1.165) is 16.9 Å². The molecule has 0 spiro atoms. The maximum atomic E-state index is 13.2. The smallest absolute Gasteiger partial charge is 0.323 e. The van der Waals surface area contributed by atoms with Crippen molar-refractivity contribution in [2.45, 2.75) is 20.0 Å². The van der Waals surface area contributed by atoms with Crippen LogP contribution in [0.3, 0.4) is 0 Å². The van der Waals surface area contributed by atoms with Crippen molar-refractivity contribution < 1.29 is 14.7 Å². The summed E-state index contributed by atoms with van der Waals surface area (Å²) >= 11 is 6.22. The molecule has 0 radical (unpaired) electrons. The third-order valence-electron chi connectivity index (χ3n) is 5.30. The molecular weight excluding hydrogens is 426 g/mol. The van der Waals surface area contributed by atoms with E-state index < -0.39 is 12.5 Å². The number of fused-ring (bicyclic) bond motifs is 1. The van der Waals surface area contributed by atoms with Crippen LogP contribution in [0.5, 0.6) is 0 Å². The fourth-order valence-corrected chi connectivity index (χ4v) is 3.92. The highest BCUT2D eigenvalue weighted by Gasteiger charge is 2.21. The van der Waals surface area contributed by atoms with Crippen molar-refractivity contribution >= 4 is 34.5 Å². The van der Waals surface area contributed by atoms with Crippen LogP contribution in [0.2, 0.25) is 5.02 Å². The zero-order chi connectivity index (χ0) is 22.7. The van der Waals surface area contributed by atoms with Crippen molar-refractivity contribution in [1.29, 1.82) is 0 Å². The van der Waals surface area contributed by atoms with Crippen LogP contribution < -0.4 is 0 Å². The number of aromatic nitrogens is 2. The van der Waals surface area contributed by atoms with Crippen LogP contribution in [0.25, 0.3) is 11.0 Å². The van der Waals surface area contributed by atoms with Gasteiger partial charge in [-0.15, -0.1) is 0 Å². The van der Waals surface area contributed by atoms with Gasteiger partial charge in [0.05, 0.1) is 11.0 Å². The summed E-state index contributed by atoms with van der Waals surface area (Å²) in [6, 6.07) is 22.5. The van der Waals surface area contributed by atoms with Gasteiger partial charge in [-0.25, -0.2) is 4.98 Å². The predicted molar refractivity (Wildman–Crippen MR) is 124 cm³/mol. The van der Waals surface area contributed by atoms with Gasteiger partial charge in [-0.3, -0.25) is 9.59 Å². The molecule has 4 rings (SSSR count). The van der Waals surface area contributed by atoms with Crippen LogP contribution in [-0.2, 0) is 17.9 Å². The number of halogens is 1. The second kappa shape index (κ2) is 9.24. The van der Waals surface area contributed by atoms with Crippen LogP contribution in [0.15, 0.2) is 72.8 Å². The highest BCUT2D eigenvalue weighted by atomic mass is 35.5. The fourth-order valence-electron chi connectivity index (χ4n) is 3.73. The first kappa shape index (κ1) is 21.6. The first-order valence-electron chi connectivity index (χ1n) is 10.2. The quantitative estimate of drug-likeness (QED) is 0.442. The number of benzene rings is 3. The van der Waals surface area contributed by atoms with Crippen LogP contribution in [0, 0.1) is 6.92 Å². The molecule has 0 fully saturated rings. The zero-order valence-electron chi connectivity index (χ0n) is 17.5. The van der Waals surface area contributed by atoms with E-state index in [1.807, 2.05) is 31.2 Å². The number of carbonyl (C=O) groups is 2. The molecule has 1 heterocycles. The van der Waals surface area contributed by atoms with Gasteiger partial charge in [0.25, 0.3) is 5.91 Å². The minimum absolute atomic E-state index is 0.102. The molecule has 32 heavy (non-hydrogen) atoms. The van der Waals surface area contributed by atoms with Gasteiger partial charge in [-0.1, -0.05) is 60.1 Å². The molecule has 0 atom stereocenters. The molecule has 0 saturated heterocycles. The number of amides is 1. The maximum absolute atomic E-state index is 13.2. The summed E-state index contributed by atoms with van der Waals surface area (Å²) in [5.74, 6) is -0.633. The molecule has 0 saturated carbocycles. The number of carboxylic acids is 1. The number of hydrogen-bond donors (Lipinski definition) is 1. The number of hydrogen-bond acceptors (Lipinski definition) is 3. The summed E-state index contributed by atoms with van der Waals surface area (Å²) in [6.45, 7) is 2.28. The van der Waals surface area contributed by atoms with Crippen LogP contribution in [-0.4, -0.2) is 38.0 Å². The number of imidazole rings is 1. The van der Waals surface area contributed by atoms with Crippen LogP contribution in [0.1, 0.15) is 27.3 Å². The van der Waals surface area contributed by atoms with Crippen molar-refractivity contribution in [3.8, 4) is 0 Å². The first-order chi connectivity index (χ1) is 15.4. The molecule has 1 amide bonds. The Bertz CT molecular complexity index is 1280. The van der Waals surface area contributed by atoms with E-state index >= 15 is 0 Å². The van der Waals surface area contributed by atoms with Gasteiger partial charge in [0.2, 0.25) is 0 Å². The van der Waals surface area contributed by atoms with Gasteiger partial charge >= 0.3 is 5.97 Å². The average Bonchev–Trinajstić information content (AvgIpc) is 3.09. The molecule has 4 aromatic rings. The molecule has 3 aromatic carbocycles. The van der Waals surface area contributed by atoms with E-state index in [4.69, 9.17) is 11.6 Å². The Hall–Kier alpha value is -3.64. The Balaban J connectivity index is 1.64. The number of rotatable bonds is 7. The lowest BCUT2D eigenvalue weighted by molar-refractivity contribution is -0.137. The fraction of sp³-hybridized carbons (Fsp3) is 0.160. The summed E-state index contributed by atoms with van der Waals surface area (Å²) in [5, 5.41) is 9.82. The monoisotopic (exact) mass is 447 g/mol. The predicted octanol–water partition coefficient (Wildman–Crippen LogP) is 4.77. The lowest BCUT2D eigenvalue weighted by Crippen LogP contribution is -2.35. The Morgan fingerprint density at radius 2 is 1.75 bits per heavy atom. The molecule has 1 N–H and O–H groups in total. The van der Waals surface area contributed by atoms with E-state index in [1.165, 1.54) is 4.90 Å². The number of aliphatic carboxylic acids is 1. The number of carboxylic acid groups (broad SMARTS) is 1. The normalized spacial score (nSPS) is 10.9. The summed E-state index contributed by atoms with van der Waals surface area (Å²) in [7, 11) is 0. The second-order valence-corrected chi connectivity index (χ2v) is 7.99. The van der Waals surface area contributed by atoms with Gasteiger partial charge in [0.1, 0.15) is 12.4 Å². The highest BCUT2D eigenvalue weighted by Crippen LogP contribution is 2.22. The third kappa shape index (κ3) is 4.65. The average molecular weight is 448 g/mol. The third-order valence-corrected chi connectivity index (χ3v) is 5.67. The SMILES string of the molecule is Cc1nc2cc(C(=O)N(CC(=O)O)Cc3ccccc3Cl)ccc2n1Cc1ccccc1.